The maximum absolute atomic E-state index is 12.6. The number of carbonyl (C=O) groups is 2. The van der Waals surface area contributed by atoms with Crippen LogP contribution in [-0.4, -0.2) is 51.1 Å². The van der Waals surface area contributed by atoms with E-state index < -0.39 is 6.03 Å². The standard InChI is InChI=1S/C20H22N6O2/c1-15-4-6-16(7-5-15)11-22-20(28)26(14-21)18-3-2-10-25(13-18)19(27)17-8-9-23-24-12-17/h4-9,12,18H,2-3,10-11,13H2,1H3,(H,22,28). The molecule has 1 saturated heterocycles. The normalized spacial score (nSPS) is 16.1. The van der Waals surface area contributed by atoms with Crippen molar-refractivity contribution in [2.24, 2.45) is 0 Å². The van der Waals surface area contributed by atoms with Crippen molar-refractivity contribution in [2.45, 2.75) is 32.4 Å². The summed E-state index contributed by atoms with van der Waals surface area (Å²) >= 11 is 0. The molecule has 1 unspecified atom stereocenters. The molecule has 0 radical (unpaired) electrons. The first kappa shape index (κ1) is 19.3. The number of rotatable bonds is 4. The van der Waals surface area contributed by atoms with Crippen molar-refractivity contribution in [2.75, 3.05) is 13.1 Å². The second-order valence-electron chi connectivity index (χ2n) is 6.79. The lowest BCUT2D eigenvalue weighted by Crippen LogP contribution is -2.52. The number of amides is 3. The van der Waals surface area contributed by atoms with Crippen LogP contribution >= 0.6 is 0 Å². The lowest BCUT2D eigenvalue weighted by Gasteiger charge is -2.35. The fourth-order valence-corrected chi connectivity index (χ4v) is 3.21. The van der Waals surface area contributed by atoms with Crippen LogP contribution in [0.3, 0.4) is 0 Å². The van der Waals surface area contributed by atoms with Gasteiger partial charge >= 0.3 is 6.03 Å². The Hall–Kier alpha value is -3.47. The van der Waals surface area contributed by atoms with Gasteiger partial charge in [-0.25, -0.2) is 9.69 Å². The van der Waals surface area contributed by atoms with E-state index in [-0.39, 0.29) is 11.9 Å². The molecule has 1 aromatic heterocycles. The van der Waals surface area contributed by atoms with Crippen molar-refractivity contribution in [1.29, 1.82) is 5.26 Å². The smallest absolute Gasteiger partial charge is 0.331 e. The third-order valence-corrected chi connectivity index (χ3v) is 4.77. The summed E-state index contributed by atoms with van der Waals surface area (Å²) in [4.78, 5) is 27.9. The quantitative estimate of drug-likeness (QED) is 0.648. The van der Waals surface area contributed by atoms with Gasteiger partial charge in [-0.3, -0.25) is 4.79 Å². The number of carbonyl (C=O) groups excluding carboxylic acids is 2. The van der Waals surface area contributed by atoms with Gasteiger partial charge in [0.15, 0.2) is 6.19 Å². The number of benzene rings is 1. The number of nitriles is 1. The Bertz CT molecular complexity index is 863. The number of piperidine rings is 1. The van der Waals surface area contributed by atoms with Crippen LogP contribution in [0.2, 0.25) is 0 Å². The molecule has 2 heterocycles. The van der Waals surface area contributed by atoms with Crippen LogP contribution in [-0.2, 0) is 6.54 Å². The lowest BCUT2D eigenvalue weighted by molar-refractivity contribution is 0.0653. The van der Waals surface area contributed by atoms with Crippen LogP contribution in [0.4, 0.5) is 4.79 Å². The maximum atomic E-state index is 12.6. The van der Waals surface area contributed by atoms with E-state index >= 15 is 0 Å². The second kappa shape index (κ2) is 8.95. The van der Waals surface area contributed by atoms with Gasteiger partial charge < -0.3 is 10.2 Å². The molecule has 0 aliphatic carbocycles. The van der Waals surface area contributed by atoms with Crippen LogP contribution in [0, 0.1) is 18.4 Å². The van der Waals surface area contributed by atoms with Crippen molar-refractivity contribution < 1.29 is 9.59 Å². The average Bonchev–Trinajstić information content (AvgIpc) is 2.74. The topological polar surface area (TPSA) is 102 Å². The van der Waals surface area contributed by atoms with E-state index in [0.717, 1.165) is 22.4 Å². The highest BCUT2D eigenvalue weighted by Gasteiger charge is 2.31. The van der Waals surface area contributed by atoms with E-state index in [0.29, 0.717) is 31.6 Å². The highest BCUT2D eigenvalue weighted by Crippen LogP contribution is 2.18. The summed E-state index contributed by atoms with van der Waals surface area (Å²) in [5.41, 5.74) is 2.55. The Balaban J connectivity index is 1.61. The van der Waals surface area contributed by atoms with Crippen molar-refractivity contribution in [3.63, 3.8) is 0 Å². The van der Waals surface area contributed by atoms with Gasteiger partial charge in [0.1, 0.15) is 0 Å². The van der Waals surface area contributed by atoms with Gasteiger partial charge in [-0.15, -0.1) is 0 Å². The Morgan fingerprint density at radius 2 is 2.07 bits per heavy atom. The molecule has 1 aromatic carbocycles. The molecule has 1 N–H and O–H groups in total. The zero-order valence-electron chi connectivity index (χ0n) is 15.7. The Morgan fingerprint density at radius 1 is 1.29 bits per heavy atom. The van der Waals surface area contributed by atoms with E-state index in [1.54, 1.807) is 11.0 Å². The van der Waals surface area contributed by atoms with Crippen molar-refractivity contribution in [3.8, 4) is 6.19 Å². The van der Waals surface area contributed by atoms with Gasteiger partial charge in [-0.2, -0.15) is 15.5 Å². The molecule has 1 fully saturated rings. The first-order chi connectivity index (χ1) is 13.6. The molecule has 2 aromatic rings. The fraction of sp³-hybridized carbons (Fsp3) is 0.350. The van der Waals surface area contributed by atoms with E-state index in [1.807, 2.05) is 37.4 Å². The molecule has 28 heavy (non-hydrogen) atoms. The number of nitrogens with one attached hydrogen (secondary N) is 1. The van der Waals surface area contributed by atoms with E-state index in [9.17, 15) is 14.9 Å². The molecule has 0 spiro atoms. The largest absolute Gasteiger partial charge is 0.336 e. The van der Waals surface area contributed by atoms with Gasteiger partial charge in [0.2, 0.25) is 0 Å². The van der Waals surface area contributed by atoms with Crippen LogP contribution in [0.15, 0.2) is 42.7 Å². The molecule has 1 atom stereocenters. The summed E-state index contributed by atoms with van der Waals surface area (Å²) in [6.07, 6.45) is 6.25. The second-order valence-corrected chi connectivity index (χ2v) is 6.79. The summed E-state index contributed by atoms with van der Waals surface area (Å²) in [6.45, 7) is 3.24. The van der Waals surface area contributed by atoms with Gasteiger partial charge in [0, 0.05) is 19.6 Å². The van der Waals surface area contributed by atoms with E-state index in [1.165, 1.54) is 12.4 Å². The predicted octanol–water partition coefficient (Wildman–Crippen LogP) is 2.08. The number of aryl methyl sites for hydroxylation is 1. The SMILES string of the molecule is Cc1ccc(CNC(=O)N(C#N)C2CCCN(C(=O)c3ccnnc3)C2)cc1. The van der Waals surface area contributed by atoms with Crippen molar-refractivity contribution in [3.05, 3.63) is 59.4 Å². The monoisotopic (exact) mass is 378 g/mol. The zero-order valence-corrected chi connectivity index (χ0v) is 15.7. The third-order valence-electron chi connectivity index (χ3n) is 4.77. The lowest BCUT2D eigenvalue weighted by atomic mass is 10.0. The molecule has 144 valence electrons. The zero-order chi connectivity index (χ0) is 19.9. The summed E-state index contributed by atoms with van der Waals surface area (Å²) in [5.74, 6) is -0.169. The van der Waals surface area contributed by atoms with Crippen molar-refractivity contribution >= 4 is 11.9 Å². The summed E-state index contributed by atoms with van der Waals surface area (Å²) in [6, 6.07) is 8.63. The maximum Gasteiger partial charge on any atom is 0.331 e. The first-order valence-corrected chi connectivity index (χ1v) is 9.17. The molecular formula is C20H22N6O2. The molecule has 1 aliphatic heterocycles. The summed E-state index contributed by atoms with van der Waals surface area (Å²) in [5, 5.41) is 19.7. The molecule has 3 amide bonds. The van der Waals surface area contributed by atoms with Crippen LogP contribution in [0.1, 0.15) is 34.3 Å². The van der Waals surface area contributed by atoms with Crippen LogP contribution in [0.5, 0.6) is 0 Å². The number of hydrogen-bond acceptors (Lipinski definition) is 5. The van der Waals surface area contributed by atoms with Gasteiger partial charge in [-0.05, 0) is 31.4 Å². The number of nitrogens with zero attached hydrogens (tertiary/aromatic N) is 5. The number of hydrogen-bond donors (Lipinski definition) is 1. The molecule has 8 nitrogen and oxygen atoms in total. The molecule has 3 rings (SSSR count). The Kier molecular flexibility index (Phi) is 6.17. The predicted molar refractivity (Wildman–Crippen MR) is 102 cm³/mol. The summed E-state index contributed by atoms with van der Waals surface area (Å²) < 4.78 is 0. The van der Waals surface area contributed by atoms with E-state index in [2.05, 4.69) is 15.5 Å². The molecular weight excluding hydrogens is 356 g/mol. The minimum absolute atomic E-state index is 0.169. The number of likely N-dealkylation sites (tertiary alicyclic amines) is 1. The molecule has 8 heteroatoms. The van der Waals surface area contributed by atoms with Gasteiger partial charge in [0.05, 0.1) is 24.0 Å². The van der Waals surface area contributed by atoms with E-state index in [4.69, 9.17) is 0 Å². The fourth-order valence-electron chi connectivity index (χ4n) is 3.21. The minimum atomic E-state index is -0.451. The summed E-state index contributed by atoms with van der Waals surface area (Å²) in [7, 11) is 0. The third kappa shape index (κ3) is 4.62. The highest BCUT2D eigenvalue weighted by atomic mass is 16.2. The van der Waals surface area contributed by atoms with Crippen LogP contribution in [0.25, 0.3) is 0 Å². The van der Waals surface area contributed by atoms with Crippen molar-refractivity contribution in [1.82, 2.24) is 25.3 Å². The molecule has 0 saturated carbocycles. The average molecular weight is 378 g/mol. The highest BCUT2D eigenvalue weighted by molar-refractivity contribution is 5.93. The Labute approximate surface area is 163 Å². The van der Waals surface area contributed by atoms with Gasteiger partial charge in [-0.1, -0.05) is 29.8 Å². The molecule has 1 aliphatic rings. The Morgan fingerprint density at radius 3 is 2.75 bits per heavy atom. The minimum Gasteiger partial charge on any atom is -0.336 e. The van der Waals surface area contributed by atoms with Gasteiger partial charge in [0.25, 0.3) is 5.91 Å². The molecule has 0 bridgehead atoms. The number of aromatic nitrogens is 2. The number of urea groups is 1. The van der Waals surface area contributed by atoms with Crippen LogP contribution < -0.4 is 5.32 Å². The first-order valence-electron chi connectivity index (χ1n) is 9.17.